The van der Waals surface area contributed by atoms with Gasteiger partial charge in [0.25, 0.3) is 0 Å². The number of rotatable bonds is 5. The minimum Gasteiger partial charge on any atom is -0.477 e. The van der Waals surface area contributed by atoms with E-state index in [1.807, 2.05) is 0 Å². The first-order chi connectivity index (χ1) is 12.4. The zero-order valence-corrected chi connectivity index (χ0v) is 15.5. The van der Waals surface area contributed by atoms with E-state index in [2.05, 4.69) is 0 Å². The van der Waals surface area contributed by atoms with E-state index >= 15 is 0 Å². The summed E-state index contributed by atoms with van der Waals surface area (Å²) < 4.78 is 4.85. The van der Waals surface area contributed by atoms with Crippen molar-refractivity contribution in [3.63, 3.8) is 0 Å². The number of hydrogen-bond donors (Lipinski definition) is 1. The number of ether oxygens (including phenoxy) is 1. The number of amides is 2. The number of carboxylic acids is 1. The molecule has 8 heteroatoms. The Hall–Kier alpha value is -2.64. The molecule has 0 aromatic heterocycles. The molecule has 2 rings (SSSR count). The van der Waals surface area contributed by atoms with Crippen LogP contribution < -0.4 is 0 Å². The zero-order valence-electron chi connectivity index (χ0n) is 15.5. The number of nitrogens with zero attached hydrogens (tertiary/aromatic N) is 2. The van der Waals surface area contributed by atoms with Crippen LogP contribution in [-0.2, 0) is 23.9 Å². The van der Waals surface area contributed by atoms with E-state index in [1.54, 1.807) is 26.8 Å². The topological polar surface area (TPSA) is 104 Å². The lowest BCUT2D eigenvalue weighted by Gasteiger charge is -2.17. The maximum atomic E-state index is 11.4. The maximum Gasteiger partial charge on any atom is 0.354 e. The van der Waals surface area contributed by atoms with Crippen LogP contribution >= 0.6 is 0 Å². The first kappa shape index (κ1) is 21.4. The highest BCUT2D eigenvalue weighted by atomic mass is 16.5. The zero-order chi connectivity index (χ0) is 19.7. The number of likely N-dealkylation sites (tertiary alicyclic amines) is 2. The van der Waals surface area contributed by atoms with Crippen molar-refractivity contribution in [3.05, 3.63) is 23.5 Å². The molecule has 0 aliphatic carbocycles. The van der Waals surface area contributed by atoms with Gasteiger partial charge in [-0.1, -0.05) is 12.2 Å². The van der Waals surface area contributed by atoms with Crippen molar-refractivity contribution >= 4 is 23.8 Å². The molecule has 2 aliphatic heterocycles. The summed E-state index contributed by atoms with van der Waals surface area (Å²) in [4.78, 5) is 47.3. The number of hydrogen-bond acceptors (Lipinski definition) is 5. The van der Waals surface area contributed by atoms with Crippen molar-refractivity contribution in [2.75, 3.05) is 19.7 Å². The third-order valence-electron chi connectivity index (χ3n) is 3.98. The monoisotopic (exact) mass is 366 g/mol. The SMILES string of the molecule is C/C=C(/C(=O)O)N1CCCC1=O.C/C=C(\C(=O)OCC)N1CCCC1=O. The van der Waals surface area contributed by atoms with E-state index < -0.39 is 11.9 Å². The van der Waals surface area contributed by atoms with Crippen molar-refractivity contribution in [2.45, 2.75) is 46.5 Å². The molecule has 1 N–H and O–H groups in total. The first-order valence-electron chi connectivity index (χ1n) is 8.71. The van der Waals surface area contributed by atoms with Gasteiger partial charge >= 0.3 is 11.9 Å². The molecule has 0 saturated carbocycles. The Balaban J connectivity index is 0.000000263. The second-order valence-corrected chi connectivity index (χ2v) is 5.67. The van der Waals surface area contributed by atoms with E-state index in [0.717, 1.165) is 12.8 Å². The minimum atomic E-state index is -1.03. The second kappa shape index (κ2) is 10.4. The Bertz CT molecular complexity index is 623. The van der Waals surface area contributed by atoms with Crippen LogP contribution in [0.15, 0.2) is 23.5 Å². The summed E-state index contributed by atoms with van der Waals surface area (Å²) in [5, 5.41) is 8.69. The summed E-state index contributed by atoms with van der Waals surface area (Å²) in [6, 6.07) is 0. The van der Waals surface area contributed by atoms with Gasteiger partial charge in [0.15, 0.2) is 0 Å². The summed E-state index contributed by atoms with van der Waals surface area (Å²) in [5.74, 6) is -1.53. The number of carboxylic acid groups (broad SMARTS) is 1. The largest absolute Gasteiger partial charge is 0.477 e. The molecular weight excluding hydrogens is 340 g/mol. The summed E-state index contributed by atoms with van der Waals surface area (Å²) in [6.45, 7) is 6.59. The average Bonchev–Trinajstić information content (AvgIpc) is 3.19. The molecule has 0 spiro atoms. The molecule has 26 heavy (non-hydrogen) atoms. The van der Waals surface area contributed by atoms with Crippen LogP contribution in [0.5, 0.6) is 0 Å². The predicted molar refractivity (Wildman–Crippen MR) is 93.7 cm³/mol. The van der Waals surface area contributed by atoms with Gasteiger partial charge in [0.05, 0.1) is 6.61 Å². The lowest BCUT2D eigenvalue weighted by Crippen LogP contribution is -2.29. The van der Waals surface area contributed by atoms with E-state index in [4.69, 9.17) is 9.84 Å². The Morgan fingerprint density at radius 3 is 1.77 bits per heavy atom. The van der Waals surface area contributed by atoms with E-state index in [-0.39, 0.29) is 17.5 Å². The van der Waals surface area contributed by atoms with Crippen LogP contribution in [0.1, 0.15) is 46.5 Å². The smallest absolute Gasteiger partial charge is 0.354 e. The fraction of sp³-hybridized carbons (Fsp3) is 0.556. The molecule has 0 atom stereocenters. The van der Waals surface area contributed by atoms with Crippen LogP contribution in [0.25, 0.3) is 0 Å². The molecule has 8 nitrogen and oxygen atoms in total. The van der Waals surface area contributed by atoms with Crippen molar-refractivity contribution in [1.29, 1.82) is 0 Å². The molecular formula is C18H26N2O6. The summed E-state index contributed by atoms with van der Waals surface area (Å²) in [7, 11) is 0. The van der Waals surface area contributed by atoms with Gasteiger partial charge in [0.1, 0.15) is 11.4 Å². The third kappa shape index (κ3) is 5.44. The fourth-order valence-corrected chi connectivity index (χ4v) is 2.79. The van der Waals surface area contributed by atoms with Gasteiger partial charge in [0, 0.05) is 25.9 Å². The van der Waals surface area contributed by atoms with Gasteiger partial charge in [-0.2, -0.15) is 0 Å². The number of carbonyl (C=O) groups excluding carboxylic acids is 3. The molecule has 2 heterocycles. The summed E-state index contributed by atoms with van der Waals surface area (Å²) in [5.41, 5.74) is 0.465. The average molecular weight is 366 g/mol. The van der Waals surface area contributed by atoms with Crippen molar-refractivity contribution < 1.29 is 29.0 Å². The number of allylic oxidation sites excluding steroid dienone is 2. The minimum absolute atomic E-state index is 0.00570. The molecule has 0 aromatic rings. The van der Waals surface area contributed by atoms with Gasteiger partial charge in [0.2, 0.25) is 11.8 Å². The van der Waals surface area contributed by atoms with Crippen LogP contribution in [0.3, 0.4) is 0 Å². The van der Waals surface area contributed by atoms with Crippen LogP contribution in [-0.4, -0.2) is 58.4 Å². The second-order valence-electron chi connectivity index (χ2n) is 5.67. The molecule has 0 aromatic carbocycles. The van der Waals surface area contributed by atoms with Crippen LogP contribution in [0, 0.1) is 0 Å². The highest BCUT2D eigenvalue weighted by molar-refractivity contribution is 5.94. The fourth-order valence-electron chi connectivity index (χ4n) is 2.79. The molecule has 0 unspecified atom stereocenters. The van der Waals surface area contributed by atoms with Gasteiger partial charge in [-0.3, -0.25) is 9.59 Å². The molecule has 0 radical (unpaired) electrons. The molecule has 2 aliphatic rings. The highest BCUT2D eigenvalue weighted by Crippen LogP contribution is 2.17. The van der Waals surface area contributed by atoms with E-state index in [0.29, 0.717) is 38.2 Å². The van der Waals surface area contributed by atoms with Gasteiger partial charge in [-0.15, -0.1) is 0 Å². The number of aliphatic carboxylic acids is 1. The quantitative estimate of drug-likeness (QED) is 0.586. The third-order valence-corrected chi connectivity index (χ3v) is 3.98. The first-order valence-corrected chi connectivity index (χ1v) is 8.71. The van der Waals surface area contributed by atoms with E-state index in [1.165, 1.54) is 15.9 Å². The Morgan fingerprint density at radius 2 is 1.46 bits per heavy atom. The highest BCUT2D eigenvalue weighted by Gasteiger charge is 2.28. The number of carbonyl (C=O) groups is 4. The lowest BCUT2D eigenvalue weighted by molar-refractivity contribution is -0.143. The molecule has 2 saturated heterocycles. The standard InChI is InChI=1S/C10H15NO3.C8H11NO3/c1-3-8(10(13)14-4-2)11-7-5-6-9(11)12;1-2-6(8(11)12)9-5-3-4-7(9)10/h3H,4-7H2,1-2H3;2H,3-5H2,1H3,(H,11,12)/b8-3+;6-2-. The van der Waals surface area contributed by atoms with Crippen molar-refractivity contribution in [3.8, 4) is 0 Å². The maximum absolute atomic E-state index is 11.4. The Morgan fingerprint density at radius 1 is 1.00 bits per heavy atom. The summed E-state index contributed by atoms with van der Waals surface area (Å²) in [6.07, 6.45) is 5.63. The van der Waals surface area contributed by atoms with Gasteiger partial charge < -0.3 is 19.6 Å². The molecule has 2 fully saturated rings. The normalized spacial score (nSPS) is 18.0. The Kier molecular flexibility index (Phi) is 8.54. The molecule has 0 bridgehead atoms. The summed E-state index contributed by atoms with van der Waals surface area (Å²) >= 11 is 0. The molecule has 144 valence electrons. The molecule has 2 amide bonds. The van der Waals surface area contributed by atoms with Crippen molar-refractivity contribution in [1.82, 2.24) is 9.80 Å². The van der Waals surface area contributed by atoms with E-state index in [9.17, 15) is 19.2 Å². The lowest BCUT2D eigenvalue weighted by atomic mass is 10.3. The Labute approximate surface area is 153 Å². The number of esters is 1. The van der Waals surface area contributed by atoms with Crippen LogP contribution in [0.2, 0.25) is 0 Å². The van der Waals surface area contributed by atoms with Gasteiger partial charge in [-0.05, 0) is 33.6 Å². The van der Waals surface area contributed by atoms with Gasteiger partial charge in [-0.25, -0.2) is 9.59 Å². The van der Waals surface area contributed by atoms with Crippen molar-refractivity contribution in [2.24, 2.45) is 0 Å². The van der Waals surface area contributed by atoms with Crippen LogP contribution in [0.4, 0.5) is 0 Å². The predicted octanol–water partition coefficient (Wildman–Crippen LogP) is 1.67.